The van der Waals surface area contributed by atoms with Crippen molar-refractivity contribution >= 4 is 11.9 Å². The minimum atomic E-state index is -0.542. The van der Waals surface area contributed by atoms with Gasteiger partial charge in [0.2, 0.25) is 0 Å². The largest absolute Gasteiger partial charge is 0.452 e. The molecule has 0 fully saturated rings. The zero-order chi connectivity index (χ0) is 17.7. The normalized spacial score (nSPS) is 10.3. The van der Waals surface area contributed by atoms with Gasteiger partial charge < -0.3 is 9.64 Å². The van der Waals surface area contributed by atoms with Gasteiger partial charge in [0.1, 0.15) is 5.82 Å². The number of rotatable bonds is 5. The van der Waals surface area contributed by atoms with Crippen molar-refractivity contribution in [2.45, 2.75) is 20.4 Å². The van der Waals surface area contributed by atoms with Gasteiger partial charge in [-0.15, -0.1) is 0 Å². The molecule has 0 aliphatic carbocycles. The Labute approximate surface area is 140 Å². The van der Waals surface area contributed by atoms with Gasteiger partial charge in [-0.1, -0.05) is 35.9 Å². The molecule has 0 aromatic heterocycles. The summed E-state index contributed by atoms with van der Waals surface area (Å²) in [5.41, 5.74) is 2.69. The summed E-state index contributed by atoms with van der Waals surface area (Å²) < 4.78 is 18.7. The maximum Gasteiger partial charge on any atom is 0.338 e. The van der Waals surface area contributed by atoms with Crippen LogP contribution < -0.4 is 0 Å². The molecular weight excluding hydrogens is 309 g/mol. The molecule has 0 saturated carbocycles. The minimum absolute atomic E-state index is 0.118. The van der Waals surface area contributed by atoms with E-state index in [0.717, 1.165) is 11.1 Å². The number of likely N-dealkylation sites (N-methyl/N-ethyl adjacent to an activating group) is 1. The molecule has 0 bridgehead atoms. The third kappa shape index (κ3) is 4.41. The second-order valence-corrected chi connectivity index (χ2v) is 5.74. The number of carbonyl (C=O) groups is 2. The number of esters is 1. The Morgan fingerprint density at radius 3 is 2.50 bits per heavy atom. The van der Waals surface area contributed by atoms with E-state index in [0.29, 0.717) is 11.1 Å². The van der Waals surface area contributed by atoms with Crippen molar-refractivity contribution in [2.75, 3.05) is 13.7 Å². The molecule has 4 nitrogen and oxygen atoms in total. The van der Waals surface area contributed by atoms with E-state index in [1.165, 1.54) is 11.0 Å². The summed E-state index contributed by atoms with van der Waals surface area (Å²) in [5.74, 6) is -1.30. The summed E-state index contributed by atoms with van der Waals surface area (Å²) in [5, 5.41) is 0. The number of amides is 1. The number of halogens is 1. The Balaban J connectivity index is 1.92. The summed E-state index contributed by atoms with van der Waals surface area (Å²) in [6.45, 7) is 3.49. The van der Waals surface area contributed by atoms with Crippen molar-refractivity contribution < 1.29 is 18.7 Å². The zero-order valence-electron chi connectivity index (χ0n) is 14.0. The van der Waals surface area contributed by atoms with Crippen LogP contribution in [0.3, 0.4) is 0 Å². The topological polar surface area (TPSA) is 46.6 Å². The number of carbonyl (C=O) groups excluding carboxylic acids is 2. The fraction of sp³-hybridized carbons (Fsp3) is 0.263. The zero-order valence-corrected chi connectivity index (χ0v) is 14.0. The van der Waals surface area contributed by atoms with Crippen LogP contribution in [0.5, 0.6) is 0 Å². The van der Waals surface area contributed by atoms with Gasteiger partial charge in [-0.2, -0.15) is 0 Å². The SMILES string of the molecule is Cc1ccc(C(=O)OCC(=O)N(C)Cc2ccccc2F)c(C)c1. The van der Waals surface area contributed by atoms with E-state index in [9.17, 15) is 14.0 Å². The number of nitrogens with zero attached hydrogens (tertiary/aromatic N) is 1. The van der Waals surface area contributed by atoms with E-state index in [-0.39, 0.29) is 19.0 Å². The molecule has 0 N–H and O–H groups in total. The highest BCUT2D eigenvalue weighted by Crippen LogP contribution is 2.12. The molecule has 2 aromatic rings. The number of benzene rings is 2. The van der Waals surface area contributed by atoms with Gasteiger partial charge in [-0.05, 0) is 31.5 Å². The summed E-state index contributed by atoms with van der Waals surface area (Å²) in [4.78, 5) is 25.5. The van der Waals surface area contributed by atoms with Gasteiger partial charge in [0.25, 0.3) is 5.91 Å². The third-order valence-electron chi connectivity index (χ3n) is 3.72. The van der Waals surface area contributed by atoms with Gasteiger partial charge >= 0.3 is 5.97 Å². The quantitative estimate of drug-likeness (QED) is 0.791. The Morgan fingerprint density at radius 1 is 1.12 bits per heavy atom. The molecule has 0 unspecified atom stereocenters. The number of hydrogen-bond acceptors (Lipinski definition) is 3. The molecule has 2 rings (SSSR count). The standard InChI is InChI=1S/C19H20FNO3/c1-13-8-9-16(14(2)10-13)19(23)24-12-18(22)21(3)11-15-6-4-5-7-17(15)20/h4-10H,11-12H2,1-3H3. The maximum absolute atomic E-state index is 13.6. The molecule has 5 heteroatoms. The number of aryl methyl sites for hydroxylation is 2. The van der Waals surface area contributed by atoms with Crippen molar-refractivity contribution in [2.24, 2.45) is 0 Å². The van der Waals surface area contributed by atoms with Gasteiger partial charge in [-0.25, -0.2) is 9.18 Å². The molecule has 1 amide bonds. The fourth-order valence-electron chi connectivity index (χ4n) is 2.33. The van der Waals surface area contributed by atoms with E-state index in [2.05, 4.69) is 0 Å². The molecule has 0 atom stereocenters. The van der Waals surface area contributed by atoms with Gasteiger partial charge in [-0.3, -0.25) is 4.79 Å². The van der Waals surface area contributed by atoms with E-state index >= 15 is 0 Å². The highest BCUT2D eigenvalue weighted by atomic mass is 19.1. The van der Waals surface area contributed by atoms with Gasteiger partial charge in [0, 0.05) is 19.2 Å². The Morgan fingerprint density at radius 2 is 1.83 bits per heavy atom. The van der Waals surface area contributed by atoms with Crippen LogP contribution in [0.15, 0.2) is 42.5 Å². The highest BCUT2D eigenvalue weighted by molar-refractivity contribution is 5.92. The predicted octanol–water partition coefficient (Wildman–Crippen LogP) is 3.26. The Bertz CT molecular complexity index is 758. The lowest BCUT2D eigenvalue weighted by molar-refractivity contribution is -0.133. The summed E-state index contributed by atoms with van der Waals surface area (Å²) in [6.07, 6.45) is 0. The molecule has 0 saturated heterocycles. The first-order valence-corrected chi connectivity index (χ1v) is 7.60. The first-order valence-electron chi connectivity index (χ1n) is 7.60. The number of hydrogen-bond donors (Lipinski definition) is 0. The molecule has 0 spiro atoms. The molecule has 0 aliphatic rings. The summed E-state index contributed by atoms with van der Waals surface area (Å²) in [7, 11) is 1.54. The molecule has 2 aromatic carbocycles. The van der Waals surface area contributed by atoms with Gasteiger partial charge in [0.15, 0.2) is 6.61 Å². The van der Waals surface area contributed by atoms with Crippen LogP contribution in [0.4, 0.5) is 4.39 Å². The molecule has 0 aliphatic heterocycles. The number of ether oxygens (including phenoxy) is 1. The van der Waals surface area contributed by atoms with Gasteiger partial charge in [0.05, 0.1) is 5.56 Å². The minimum Gasteiger partial charge on any atom is -0.452 e. The first kappa shape index (κ1) is 17.7. The second-order valence-electron chi connectivity index (χ2n) is 5.74. The molecule has 0 heterocycles. The van der Waals surface area contributed by atoms with Crippen LogP contribution in [0.1, 0.15) is 27.0 Å². The highest BCUT2D eigenvalue weighted by Gasteiger charge is 2.16. The predicted molar refractivity (Wildman–Crippen MR) is 89.1 cm³/mol. The summed E-state index contributed by atoms with van der Waals surface area (Å²) in [6, 6.07) is 11.6. The van der Waals surface area contributed by atoms with Crippen LogP contribution in [-0.2, 0) is 16.1 Å². The monoisotopic (exact) mass is 329 g/mol. The van der Waals surface area contributed by atoms with Crippen molar-refractivity contribution in [3.05, 3.63) is 70.5 Å². The van der Waals surface area contributed by atoms with Crippen LogP contribution in [0.2, 0.25) is 0 Å². The van der Waals surface area contributed by atoms with Crippen LogP contribution in [-0.4, -0.2) is 30.4 Å². The molecule has 126 valence electrons. The average Bonchev–Trinajstić information content (AvgIpc) is 2.54. The van der Waals surface area contributed by atoms with Crippen LogP contribution >= 0.6 is 0 Å². The fourth-order valence-corrected chi connectivity index (χ4v) is 2.33. The Kier molecular flexibility index (Phi) is 5.68. The smallest absolute Gasteiger partial charge is 0.338 e. The van der Waals surface area contributed by atoms with E-state index in [1.54, 1.807) is 31.3 Å². The van der Waals surface area contributed by atoms with E-state index < -0.39 is 11.9 Å². The first-order chi connectivity index (χ1) is 11.4. The van der Waals surface area contributed by atoms with E-state index in [1.807, 2.05) is 26.0 Å². The molecular formula is C19H20FNO3. The van der Waals surface area contributed by atoms with Crippen LogP contribution in [0.25, 0.3) is 0 Å². The summed E-state index contributed by atoms with van der Waals surface area (Å²) >= 11 is 0. The van der Waals surface area contributed by atoms with Crippen molar-refractivity contribution in [3.8, 4) is 0 Å². The maximum atomic E-state index is 13.6. The van der Waals surface area contributed by atoms with Crippen molar-refractivity contribution in [1.82, 2.24) is 4.90 Å². The Hall–Kier alpha value is -2.69. The molecule has 24 heavy (non-hydrogen) atoms. The lowest BCUT2D eigenvalue weighted by Crippen LogP contribution is -2.31. The second kappa shape index (κ2) is 7.73. The van der Waals surface area contributed by atoms with Crippen molar-refractivity contribution in [1.29, 1.82) is 0 Å². The van der Waals surface area contributed by atoms with Crippen molar-refractivity contribution in [3.63, 3.8) is 0 Å². The average molecular weight is 329 g/mol. The third-order valence-corrected chi connectivity index (χ3v) is 3.72. The molecule has 0 radical (unpaired) electrons. The lowest BCUT2D eigenvalue weighted by Gasteiger charge is -2.17. The lowest BCUT2D eigenvalue weighted by atomic mass is 10.1. The van der Waals surface area contributed by atoms with Crippen LogP contribution in [0, 0.1) is 19.7 Å². The van der Waals surface area contributed by atoms with E-state index in [4.69, 9.17) is 4.74 Å².